The van der Waals surface area contributed by atoms with E-state index in [2.05, 4.69) is 27.0 Å². The van der Waals surface area contributed by atoms with Crippen LogP contribution in [0.2, 0.25) is 0 Å². The molecule has 0 atom stereocenters. The number of ether oxygens (including phenoxy) is 1. The molecule has 1 N–H and O–H groups in total. The number of hydrogen-bond donors (Lipinski definition) is 1. The van der Waals surface area contributed by atoms with Gasteiger partial charge in [-0.25, -0.2) is 0 Å². The number of likely N-dealkylation sites (tertiary alicyclic amines) is 1. The summed E-state index contributed by atoms with van der Waals surface area (Å²) in [6, 6.07) is 14.1. The number of fused-ring (bicyclic) bond motifs is 1. The van der Waals surface area contributed by atoms with Crippen LogP contribution in [0, 0.1) is 0 Å². The van der Waals surface area contributed by atoms with Gasteiger partial charge in [0.25, 0.3) is 11.8 Å². The summed E-state index contributed by atoms with van der Waals surface area (Å²) < 4.78 is 7.88. The molecule has 3 aromatic rings. The molecule has 2 aromatic carbocycles. The second kappa shape index (κ2) is 10.3. The minimum absolute atomic E-state index is 0.00300. The molecule has 7 nitrogen and oxygen atoms in total. The number of aromatic nitrogens is 1. The first-order valence-corrected chi connectivity index (χ1v) is 11.8. The largest absolute Gasteiger partial charge is 0.496 e. The summed E-state index contributed by atoms with van der Waals surface area (Å²) in [6.45, 7) is 2.95. The van der Waals surface area contributed by atoms with Crippen LogP contribution in [0.4, 0.5) is 0 Å². The van der Waals surface area contributed by atoms with E-state index in [0.29, 0.717) is 17.2 Å². The third-order valence-corrected chi connectivity index (χ3v) is 6.79. The summed E-state index contributed by atoms with van der Waals surface area (Å²) >= 11 is 0. The third-order valence-electron chi connectivity index (χ3n) is 6.79. The lowest BCUT2D eigenvalue weighted by molar-refractivity contribution is 0.0827. The average molecular weight is 463 g/mol. The van der Waals surface area contributed by atoms with Gasteiger partial charge in [0.15, 0.2) is 0 Å². The second-order valence-electron chi connectivity index (χ2n) is 9.12. The normalized spacial score (nSPS) is 14.8. The topological polar surface area (TPSA) is 66.8 Å². The predicted molar refractivity (Wildman–Crippen MR) is 135 cm³/mol. The van der Waals surface area contributed by atoms with Gasteiger partial charge in [0.05, 0.1) is 7.11 Å². The first kappa shape index (κ1) is 23.8. The highest BCUT2D eigenvalue weighted by Gasteiger charge is 2.22. The predicted octanol–water partition coefficient (Wildman–Crippen LogP) is 3.59. The fourth-order valence-electron chi connectivity index (χ4n) is 4.82. The van der Waals surface area contributed by atoms with Crippen molar-refractivity contribution in [1.29, 1.82) is 0 Å². The summed E-state index contributed by atoms with van der Waals surface area (Å²) in [6.07, 6.45) is 5.11. The molecule has 0 bridgehead atoms. The first-order valence-electron chi connectivity index (χ1n) is 11.8. The van der Waals surface area contributed by atoms with Gasteiger partial charge in [-0.2, -0.15) is 0 Å². The number of carbonyl (C=O) groups excluding carboxylic acids is 2. The number of benzene rings is 2. The maximum absolute atomic E-state index is 12.4. The molecular formula is C27H34N4O3. The SMILES string of the molecule is CNC(=O)c1ccc2ccn(C3CCN(CCc4cc(C(=O)N(C)C)ccc4OC)CC3)c2c1. The molecule has 1 fully saturated rings. The first-order chi connectivity index (χ1) is 16.4. The fourth-order valence-corrected chi connectivity index (χ4v) is 4.82. The average Bonchev–Trinajstić information content (AvgIpc) is 3.29. The standard InChI is InChI=1S/C27H34N4O3/c1-28-26(32)21-6-5-19-10-16-31(24(19)18-21)23-11-14-30(15-12-23)13-9-20-17-22(27(33)29(2)3)7-8-25(20)34-4/h5-8,10,16-18,23H,9,11-15H2,1-4H3,(H,28,32). The van der Waals surface area contributed by atoms with E-state index in [4.69, 9.17) is 4.74 Å². The fraction of sp³-hybridized carbons (Fsp3) is 0.407. The van der Waals surface area contributed by atoms with Gasteiger partial charge < -0.3 is 24.4 Å². The molecule has 1 aliphatic rings. The molecule has 1 saturated heterocycles. The molecule has 2 amide bonds. The van der Waals surface area contributed by atoms with Crippen molar-refractivity contribution in [2.75, 3.05) is 47.9 Å². The number of nitrogens with zero attached hydrogens (tertiary/aromatic N) is 3. The minimum Gasteiger partial charge on any atom is -0.496 e. The molecule has 7 heteroatoms. The summed E-state index contributed by atoms with van der Waals surface area (Å²) in [5.41, 5.74) is 3.56. The molecule has 0 saturated carbocycles. The van der Waals surface area contributed by atoms with Crippen LogP contribution in [0.5, 0.6) is 5.75 Å². The zero-order valence-electron chi connectivity index (χ0n) is 20.5. The number of hydrogen-bond acceptors (Lipinski definition) is 4. The molecule has 0 spiro atoms. The van der Waals surface area contributed by atoms with Gasteiger partial charge in [0.2, 0.25) is 0 Å². The minimum atomic E-state index is -0.0590. The molecule has 2 heterocycles. The molecule has 0 unspecified atom stereocenters. The molecular weight excluding hydrogens is 428 g/mol. The smallest absolute Gasteiger partial charge is 0.253 e. The van der Waals surface area contributed by atoms with Gasteiger partial charge in [0, 0.05) is 69.7 Å². The Labute approximate surface area is 201 Å². The van der Waals surface area contributed by atoms with Gasteiger partial charge in [-0.3, -0.25) is 9.59 Å². The Kier molecular flexibility index (Phi) is 7.22. The molecule has 0 radical (unpaired) electrons. The van der Waals surface area contributed by atoms with Crippen LogP contribution in [0.25, 0.3) is 10.9 Å². The van der Waals surface area contributed by atoms with E-state index in [1.54, 1.807) is 33.2 Å². The van der Waals surface area contributed by atoms with Crippen molar-refractivity contribution in [1.82, 2.24) is 19.7 Å². The van der Waals surface area contributed by atoms with E-state index in [9.17, 15) is 9.59 Å². The Morgan fingerprint density at radius 2 is 1.79 bits per heavy atom. The van der Waals surface area contributed by atoms with Crippen molar-refractivity contribution >= 4 is 22.7 Å². The zero-order valence-corrected chi connectivity index (χ0v) is 20.5. The summed E-state index contributed by atoms with van der Waals surface area (Å²) in [7, 11) is 6.87. The van der Waals surface area contributed by atoms with E-state index in [1.165, 1.54) is 0 Å². The van der Waals surface area contributed by atoms with Crippen LogP contribution in [0.3, 0.4) is 0 Å². The van der Waals surface area contributed by atoms with E-state index < -0.39 is 0 Å². The molecule has 1 aliphatic heterocycles. The van der Waals surface area contributed by atoms with Crippen LogP contribution in [-0.2, 0) is 6.42 Å². The van der Waals surface area contributed by atoms with Crippen molar-refractivity contribution in [3.05, 3.63) is 65.4 Å². The van der Waals surface area contributed by atoms with Crippen LogP contribution >= 0.6 is 0 Å². The highest BCUT2D eigenvalue weighted by atomic mass is 16.5. The van der Waals surface area contributed by atoms with Gasteiger partial charge in [-0.05, 0) is 66.6 Å². The maximum Gasteiger partial charge on any atom is 0.253 e. The third kappa shape index (κ3) is 4.94. The van der Waals surface area contributed by atoms with E-state index in [-0.39, 0.29) is 11.8 Å². The van der Waals surface area contributed by atoms with Crippen molar-refractivity contribution in [3.63, 3.8) is 0 Å². The second-order valence-corrected chi connectivity index (χ2v) is 9.12. The van der Waals surface area contributed by atoms with E-state index >= 15 is 0 Å². The zero-order chi connectivity index (χ0) is 24.2. The molecule has 180 valence electrons. The number of rotatable bonds is 7. The van der Waals surface area contributed by atoms with E-state index in [0.717, 1.165) is 61.1 Å². The Bertz CT molecular complexity index is 1180. The lowest BCUT2D eigenvalue weighted by Crippen LogP contribution is -2.36. The van der Waals surface area contributed by atoms with Gasteiger partial charge in [0.1, 0.15) is 5.75 Å². The van der Waals surface area contributed by atoms with Crippen LogP contribution in [0.1, 0.15) is 45.2 Å². The van der Waals surface area contributed by atoms with Crippen LogP contribution < -0.4 is 10.1 Å². The number of carbonyl (C=O) groups is 2. The molecule has 4 rings (SSSR count). The lowest BCUT2D eigenvalue weighted by atomic mass is 10.0. The highest BCUT2D eigenvalue weighted by Crippen LogP contribution is 2.29. The Balaban J connectivity index is 1.40. The Hall–Kier alpha value is -3.32. The Morgan fingerprint density at radius 3 is 2.47 bits per heavy atom. The van der Waals surface area contributed by atoms with Crippen molar-refractivity contribution in [2.45, 2.75) is 25.3 Å². The molecule has 1 aromatic heterocycles. The monoisotopic (exact) mass is 462 g/mol. The number of nitrogens with one attached hydrogen (secondary N) is 1. The summed E-state index contributed by atoms with van der Waals surface area (Å²) in [5.74, 6) is 0.774. The van der Waals surface area contributed by atoms with Gasteiger partial charge in [-0.15, -0.1) is 0 Å². The molecule has 0 aliphatic carbocycles. The number of piperidine rings is 1. The lowest BCUT2D eigenvalue weighted by Gasteiger charge is -2.33. The number of methoxy groups -OCH3 is 1. The summed E-state index contributed by atoms with van der Waals surface area (Å²) in [4.78, 5) is 28.5. The Morgan fingerprint density at radius 1 is 1.06 bits per heavy atom. The van der Waals surface area contributed by atoms with E-state index in [1.807, 2.05) is 36.4 Å². The quantitative estimate of drug-likeness (QED) is 0.583. The van der Waals surface area contributed by atoms with Gasteiger partial charge in [-0.1, -0.05) is 6.07 Å². The van der Waals surface area contributed by atoms with Gasteiger partial charge >= 0.3 is 0 Å². The number of amides is 2. The summed E-state index contributed by atoms with van der Waals surface area (Å²) in [5, 5.41) is 3.87. The van der Waals surface area contributed by atoms with Crippen molar-refractivity contribution in [2.24, 2.45) is 0 Å². The van der Waals surface area contributed by atoms with Crippen LogP contribution in [-0.4, -0.2) is 74.1 Å². The van der Waals surface area contributed by atoms with Crippen LogP contribution in [0.15, 0.2) is 48.7 Å². The van der Waals surface area contributed by atoms with Crippen molar-refractivity contribution in [3.8, 4) is 5.75 Å². The highest BCUT2D eigenvalue weighted by molar-refractivity contribution is 5.98. The van der Waals surface area contributed by atoms with Crippen molar-refractivity contribution < 1.29 is 14.3 Å². The molecule has 34 heavy (non-hydrogen) atoms. The maximum atomic E-state index is 12.4.